The summed E-state index contributed by atoms with van der Waals surface area (Å²) in [4.78, 5) is 0.951. The first kappa shape index (κ1) is 12.9. The summed E-state index contributed by atoms with van der Waals surface area (Å²) in [5, 5.41) is 29.1. The first-order valence-electron chi connectivity index (χ1n) is 5.51. The standard InChI is InChI=1S/C12H16O4S/c1-7-9(13)10(14)11(15)12(16-7)17-8-5-3-2-4-6-8/h2-7,9-15H,1H3/t7?,9-,10+,11?,12-/m0/s1. The van der Waals surface area contributed by atoms with Crippen molar-refractivity contribution in [1.82, 2.24) is 0 Å². The van der Waals surface area contributed by atoms with E-state index in [0.29, 0.717) is 0 Å². The van der Waals surface area contributed by atoms with E-state index in [4.69, 9.17) is 4.74 Å². The highest BCUT2D eigenvalue weighted by Crippen LogP contribution is 2.32. The molecule has 5 atom stereocenters. The fraction of sp³-hybridized carbons (Fsp3) is 0.500. The van der Waals surface area contributed by atoms with E-state index < -0.39 is 29.9 Å². The molecule has 1 aliphatic heterocycles. The lowest BCUT2D eigenvalue weighted by Gasteiger charge is -2.38. The van der Waals surface area contributed by atoms with Gasteiger partial charge in [0.05, 0.1) is 6.10 Å². The molecule has 0 aromatic heterocycles. The molecule has 17 heavy (non-hydrogen) atoms. The summed E-state index contributed by atoms with van der Waals surface area (Å²) in [6.45, 7) is 1.68. The number of rotatable bonds is 2. The molecular formula is C12H16O4S. The molecule has 0 spiro atoms. The fourth-order valence-corrected chi connectivity index (χ4v) is 2.86. The van der Waals surface area contributed by atoms with E-state index in [1.54, 1.807) is 6.92 Å². The maximum Gasteiger partial charge on any atom is 0.136 e. The Morgan fingerprint density at radius 3 is 2.29 bits per heavy atom. The van der Waals surface area contributed by atoms with Crippen molar-refractivity contribution in [2.45, 2.75) is 41.7 Å². The van der Waals surface area contributed by atoms with Gasteiger partial charge in [-0.15, -0.1) is 0 Å². The van der Waals surface area contributed by atoms with Crippen LogP contribution in [0.15, 0.2) is 35.2 Å². The molecule has 3 N–H and O–H groups in total. The Bertz CT molecular complexity index is 359. The van der Waals surface area contributed by atoms with Gasteiger partial charge in [-0.05, 0) is 19.1 Å². The van der Waals surface area contributed by atoms with Crippen LogP contribution in [0.4, 0.5) is 0 Å². The predicted molar refractivity (Wildman–Crippen MR) is 64.7 cm³/mol. The summed E-state index contributed by atoms with van der Waals surface area (Å²) >= 11 is 1.34. The summed E-state index contributed by atoms with van der Waals surface area (Å²) < 4.78 is 5.49. The lowest BCUT2D eigenvalue weighted by molar-refractivity contribution is -0.192. The lowest BCUT2D eigenvalue weighted by Crippen LogP contribution is -2.55. The maximum atomic E-state index is 9.83. The maximum absolute atomic E-state index is 9.83. The molecule has 4 nitrogen and oxygen atoms in total. The summed E-state index contributed by atoms with van der Waals surface area (Å²) in [5.74, 6) is 0. The van der Waals surface area contributed by atoms with Crippen LogP contribution in [0.3, 0.4) is 0 Å². The molecule has 94 valence electrons. The number of hydrogen-bond acceptors (Lipinski definition) is 5. The van der Waals surface area contributed by atoms with Crippen LogP contribution in [-0.4, -0.2) is 45.2 Å². The third kappa shape index (κ3) is 2.81. The van der Waals surface area contributed by atoms with Crippen LogP contribution in [0, 0.1) is 0 Å². The highest BCUT2D eigenvalue weighted by atomic mass is 32.2. The quantitative estimate of drug-likeness (QED) is 0.723. The average Bonchev–Trinajstić information content (AvgIpc) is 2.35. The van der Waals surface area contributed by atoms with Crippen molar-refractivity contribution in [3.63, 3.8) is 0 Å². The number of benzene rings is 1. The lowest BCUT2D eigenvalue weighted by atomic mass is 10.0. The van der Waals surface area contributed by atoms with Crippen molar-refractivity contribution >= 4 is 11.8 Å². The Labute approximate surface area is 104 Å². The van der Waals surface area contributed by atoms with Gasteiger partial charge < -0.3 is 20.1 Å². The van der Waals surface area contributed by atoms with E-state index in [1.807, 2.05) is 30.3 Å². The number of hydrogen-bond donors (Lipinski definition) is 3. The highest BCUT2D eigenvalue weighted by molar-refractivity contribution is 7.99. The van der Waals surface area contributed by atoms with E-state index in [2.05, 4.69) is 0 Å². The minimum atomic E-state index is -1.17. The van der Waals surface area contributed by atoms with Crippen molar-refractivity contribution in [2.24, 2.45) is 0 Å². The number of ether oxygens (including phenoxy) is 1. The Balaban J connectivity index is 2.06. The molecule has 1 aromatic carbocycles. The van der Waals surface area contributed by atoms with Crippen molar-refractivity contribution in [2.75, 3.05) is 0 Å². The molecule has 0 saturated carbocycles. The second-order valence-electron chi connectivity index (χ2n) is 4.11. The molecule has 0 aliphatic carbocycles. The minimum Gasteiger partial charge on any atom is -0.388 e. The van der Waals surface area contributed by atoms with Crippen LogP contribution in [-0.2, 0) is 4.74 Å². The zero-order valence-corrected chi connectivity index (χ0v) is 10.2. The predicted octanol–water partition coefficient (Wildman–Crippen LogP) is 0.606. The molecule has 0 radical (unpaired) electrons. The smallest absolute Gasteiger partial charge is 0.136 e. The van der Waals surface area contributed by atoms with E-state index >= 15 is 0 Å². The normalized spacial score (nSPS) is 38.0. The van der Waals surface area contributed by atoms with Crippen molar-refractivity contribution < 1.29 is 20.1 Å². The van der Waals surface area contributed by atoms with Crippen LogP contribution in [0.25, 0.3) is 0 Å². The van der Waals surface area contributed by atoms with Crippen LogP contribution in [0.1, 0.15) is 6.92 Å². The molecule has 0 bridgehead atoms. The third-order valence-corrected chi connectivity index (χ3v) is 3.97. The van der Waals surface area contributed by atoms with Gasteiger partial charge in [0.1, 0.15) is 23.7 Å². The molecule has 5 heteroatoms. The van der Waals surface area contributed by atoms with Crippen LogP contribution < -0.4 is 0 Å². The van der Waals surface area contributed by atoms with E-state index in [-0.39, 0.29) is 0 Å². The summed E-state index contributed by atoms with van der Waals surface area (Å²) in [5.41, 5.74) is -0.564. The third-order valence-electron chi connectivity index (χ3n) is 2.80. The fourth-order valence-electron chi connectivity index (χ4n) is 1.74. The topological polar surface area (TPSA) is 69.9 Å². The SMILES string of the molecule is CC1O[C@@H](Sc2ccccc2)C(O)[C@H](O)[C@H]1O. The molecule has 2 unspecified atom stereocenters. The van der Waals surface area contributed by atoms with Gasteiger partial charge in [-0.1, -0.05) is 30.0 Å². The zero-order chi connectivity index (χ0) is 12.4. The molecule has 0 amide bonds. The Morgan fingerprint density at radius 2 is 1.65 bits per heavy atom. The monoisotopic (exact) mass is 256 g/mol. The van der Waals surface area contributed by atoms with Crippen molar-refractivity contribution in [3.05, 3.63) is 30.3 Å². The average molecular weight is 256 g/mol. The Kier molecular flexibility index (Phi) is 4.06. The molecule has 2 rings (SSSR count). The highest BCUT2D eigenvalue weighted by Gasteiger charge is 2.42. The molecule has 1 saturated heterocycles. The van der Waals surface area contributed by atoms with Gasteiger partial charge in [-0.3, -0.25) is 0 Å². The number of thioether (sulfide) groups is 1. The number of aliphatic hydroxyl groups excluding tert-OH is 3. The Morgan fingerprint density at radius 1 is 1.00 bits per heavy atom. The van der Waals surface area contributed by atoms with Gasteiger partial charge in [-0.25, -0.2) is 0 Å². The van der Waals surface area contributed by atoms with Crippen LogP contribution in [0.2, 0.25) is 0 Å². The van der Waals surface area contributed by atoms with Crippen LogP contribution >= 0.6 is 11.8 Å². The minimum absolute atomic E-state index is 0.491. The van der Waals surface area contributed by atoms with Crippen molar-refractivity contribution in [3.8, 4) is 0 Å². The van der Waals surface area contributed by atoms with Crippen LogP contribution in [0.5, 0.6) is 0 Å². The van der Waals surface area contributed by atoms with E-state index in [1.165, 1.54) is 11.8 Å². The largest absolute Gasteiger partial charge is 0.388 e. The Hall–Kier alpha value is -0.590. The van der Waals surface area contributed by atoms with Gasteiger partial charge in [0.25, 0.3) is 0 Å². The molecular weight excluding hydrogens is 240 g/mol. The summed E-state index contributed by atoms with van der Waals surface area (Å²) in [6, 6.07) is 9.51. The molecule has 1 fully saturated rings. The first-order chi connectivity index (χ1) is 8.09. The van der Waals surface area contributed by atoms with E-state index in [9.17, 15) is 15.3 Å². The second kappa shape index (κ2) is 5.37. The zero-order valence-electron chi connectivity index (χ0n) is 9.43. The summed E-state index contributed by atoms with van der Waals surface area (Å²) in [7, 11) is 0. The summed E-state index contributed by atoms with van der Waals surface area (Å²) in [6.07, 6.45) is -3.79. The molecule has 1 heterocycles. The molecule has 1 aliphatic rings. The van der Waals surface area contributed by atoms with Gasteiger partial charge in [0.2, 0.25) is 0 Å². The second-order valence-corrected chi connectivity index (χ2v) is 5.28. The number of aliphatic hydroxyl groups is 3. The van der Waals surface area contributed by atoms with Gasteiger partial charge in [-0.2, -0.15) is 0 Å². The molecule has 1 aromatic rings. The van der Waals surface area contributed by atoms with Gasteiger partial charge in [0.15, 0.2) is 0 Å². The van der Waals surface area contributed by atoms with E-state index in [0.717, 1.165) is 4.90 Å². The van der Waals surface area contributed by atoms with Crippen molar-refractivity contribution in [1.29, 1.82) is 0 Å². The van der Waals surface area contributed by atoms with Gasteiger partial charge >= 0.3 is 0 Å². The first-order valence-corrected chi connectivity index (χ1v) is 6.39. The van der Waals surface area contributed by atoms with Gasteiger partial charge in [0, 0.05) is 4.90 Å².